The van der Waals surface area contributed by atoms with Crippen LogP contribution in [0.1, 0.15) is 31.7 Å². The molecule has 3 nitrogen and oxygen atoms in total. The highest BCUT2D eigenvalue weighted by molar-refractivity contribution is 9.11. The van der Waals surface area contributed by atoms with Crippen LogP contribution < -0.4 is 10.1 Å². The summed E-state index contributed by atoms with van der Waals surface area (Å²) in [7, 11) is 1.71. The second kappa shape index (κ2) is 10.6. The maximum absolute atomic E-state index is 5.83. The number of unbranched alkanes of at least 4 members (excludes halogenated alkanes) is 2. The largest absolute Gasteiger partial charge is 0.491 e. The van der Waals surface area contributed by atoms with E-state index in [1.54, 1.807) is 7.11 Å². The van der Waals surface area contributed by atoms with Crippen molar-refractivity contribution in [1.29, 1.82) is 0 Å². The summed E-state index contributed by atoms with van der Waals surface area (Å²) in [4.78, 5) is 0. The molecule has 0 aliphatic carbocycles. The summed E-state index contributed by atoms with van der Waals surface area (Å²) in [5.74, 6) is 0.891. The molecule has 0 amide bonds. The Morgan fingerprint density at radius 3 is 2.40 bits per heavy atom. The van der Waals surface area contributed by atoms with Gasteiger partial charge < -0.3 is 14.8 Å². The van der Waals surface area contributed by atoms with Gasteiger partial charge in [0.25, 0.3) is 0 Å². The van der Waals surface area contributed by atoms with E-state index < -0.39 is 0 Å². The fourth-order valence-corrected chi connectivity index (χ4v) is 3.30. The number of nitrogens with one attached hydrogen (secondary N) is 1. The van der Waals surface area contributed by atoms with Gasteiger partial charge in [-0.1, -0.05) is 19.8 Å². The highest BCUT2D eigenvalue weighted by atomic mass is 79.9. The van der Waals surface area contributed by atoms with Gasteiger partial charge >= 0.3 is 0 Å². The number of hydrogen-bond acceptors (Lipinski definition) is 3. The van der Waals surface area contributed by atoms with Gasteiger partial charge in [0.15, 0.2) is 0 Å². The molecular weight excluding hydrogens is 386 g/mol. The smallest absolute Gasteiger partial charge is 0.147 e. The average Bonchev–Trinajstić information content (AvgIpc) is 2.42. The molecule has 0 bridgehead atoms. The van der Waals surface area contributed by atoms with Gasteiger partial charge in [-0.15, -0.1) is 0 Å². The first-order valence-corrected chi connectivity index (χ1v) is 8.58. The van der Waals surface area contributed by atoms with Crippen molar-refractivity contribution in [3.05, 3.63) is 26.6 Å². The van der Waals surface area contributed by atoms with E-state index in [1.807, 2.05) is 0 Å². The summed E-state index contributed by atoms with van der Waals surface area (Å²) in [5.41, 5.74) is 1.21. The lowest BCUT2D eigenvalue weighted by atomic mass is 10.2. The normalized spacial score (nSPS) is 10.8. The Hall–Kier alpha value is -0.100. The average molecular weight is 409 g/mol. The van der Waals surface area contributed by atoms with Crippen LogP contribution in [0.2, 0.25) is 0 Å². The molecule has 0 saturated carbocycles. The van der Waals surface area contributed by atoms with Crippen LogP contribution in [0.15, 0.2) is 21.1 Å². The first-order chi connectivity index (χ1) is 9.69. The summed E-state index contributed by atoms with van der Waals surface area (Å²) in [6, 6.07) is 4.19. The molecule has 114 valence electrons. The molecule has 0 fully saturated rings. The summed E-state index contributed by atoms with van der Waals surface area (Å²) in [6.45, 7) is 5.34. The number of methoxy groups -OCH3 is 1. The lowest BCUT2D eigenvalue weighted by molar-refractivity contribution is 0.199. The van der Waals surface area contributed by atoms with Gasteiger partial charge in [-0.2, -0.15) is 0 Å². The Morgan fingerprint density at radius 2 is 1.80 bits per heavy atom. The van der Waals surface area contributed by atoms with Crippen LogP contribution in [0.4, 0.5) is 0 Å². The van der Waals surface area contributed by atoms with Crippen LogP contribution in [0.25, 0.3) is 0 Å². The van der Waals surface area contributed by atoms with Gasteiger partial charge in [-0.3, -0.25) is 0 Å². The second-order valence-corrected chi connectivity index (χ2v) is 6.32. The molecule has 20 heavy (non-hydrogen) atoms. The number of hydrogen-bond donors (Lipinski definition) is 1. The van der Waals surface area contributed by atoms with Crippen molar-refractivity contribution in [2.75, 3.05) is 26.9 Å². The molecule has 1 rings (SSSR count). The molecule has 0 spiro atoms. The van der Waals surface area contributed by atoms with Crippen molar-refractivity contribution in [2.24, 2.45) is 0 Å². The first-order valence-electron chi connectivity index (χ1n) is 6.99. The molecule has 0 aromatic heterocycles. The summed E-state index contributed by atoms with van der Waals surface area (Å²) in [6.07, 6.45) is 3.50. The fourth-order valence-electron chi connectivity index (χ4n) is 1.79. The standard InChI is InChI=1S/C15H23Br2NO2/c1-3-4-5-7-20-15-13(16)9-12(10-14(15)17)11-18-6-8-19-2/h9-10,18H,3-8,11H2,1-2H3. The highest BCUT2D eigenvalue weighted by Gasteiger charge is 2.08. The summed E-state index contributed by atoms with van der Waals surface area (Å²) < 4.78 is 12.8. The van der Waals surface area contributed by atoms with E-state index in [1.165, 1.54) is 18.4 Å². The molecule has 0 radical (unpaired) electrons. The molecular formula is C15H23Br2NO2. The molecule has 0 aliphatic rings. The number of benzene rings is 1. The maximum atomic E-state index is 5.83. The van der Waals surface area contributed by atoms with Crippen molar-refractivity contribution in [2.45, 2.75) is 32.7 Å². The summed E-state index contributed by atoms with van der Waals surface area (Å²) in [5, 5.41) is 3.33. The molecule has 0 aliphatic heterocycles. The van der Waals surface area contributed by atoms with Crippen LogP contribution in [0.5, 0.6) is 5.75 Å². The molecule has 1 aromatic carbocycles. The van der Waals surface area contributed by atoms with Crippen molar-refractivity contribution < 1.29 is 9.47 Å². The number of rotatable bonds is 10. The highest BCUT2D eigenvalue weighted by Crippen LogP contribution is 2.34. The Morgan fingerprint density at radius 1 is 1.10 bits per heavy atom. The van der Waals surface area contributed by atoms with Crippen LogP contribution in [-0.4, -0.2) is 26.9 Å². The Kier molecular flexibility index (Phi) is 9.52. The van der Waals surface area contributed by atoms with Crippen molar-refractivity contribution >= 4 is 31.9 Å². The molecule has 5 heteroatoms. The Labute approximate surface area is 138 Å². The number of halogens is 2. The first kappa shape index (κ1) is 18.0. The third-order valence-electron chi connectivity index (χ3n) is 2.86. The molecule has 0 saturated heterocycles. The van der Waals surface area contributed by atoms with Crippen molar-refractivity contribution in [3.63, 3.8) is 0 Å². The minimum atomic E-state index is 0.723. The minimum Gasteiger partial charge on any atom is -0.491 e. The van der Waals surface area contributed by atoms with Gasteiger partial charge in [0.2, 0.25) is 0 Å². The van der Waals surface area contributed by atoms with Crippen LogP contribution in [0, 0.1) is 0 Å². The van der Waals surface area contributed by atoms with E-state index in [4.69, 9.17) is 9.47 Å². The predicted octanol–water partition coefficient (Wildman–Crippen LogP) is 4.52. The van der Waals surface area contributed by atoms with E-state index >= 15 is 0 Å². The van der Waals surface area contributed by atoms with Crippen LogP contribution in [-0.2, 0) is 11.3 Å². The minimum absolute atomic E-state index is 0.723. The Bertz CT molecular complexity index is 376. The van der Waals surface area contributed by atoms with E-state index in [0.717, 1.165) is 47.4 Å². The van der Waals surface area contributed by atoms with E-state index in [-0.39, 0.29) is 0 Å². The van der Waals surface area contributed by atoms with E-state index in [2.05, 4.69) is 56.2 Å². The van der Waals surface area contributed by atoms with Crippen LogP contribution in [0.3, 0.4) is 0 Å². The van der Waals surface area contributed by atoms with E-state index in [0.29, 0.717) is 0 Å². The zero-order valence-electron chi connectivity index (χ0n) is 12.2. The number of ether oxygens (including phenoxy) is 2. The summed E-state index contributed by atoms with van der Waals surface area (Å²) >= 11 is 7.16. The third kappa shape index (κ3) is 6.57. The lowest BCUT2D eigenvalue weighted by Crippen LogP contribution is -2.18. The van der Waals surface area contributed by atoms with Gasteiger partial charge in [-0.25, -0.2) is 0 Å². The van der Waals surface area contributed by atoms with Gasteiger partial charge in [-0.05, 0) is 56.0 Å². The zero-order valence-corrected chi connectivity index (χ0v) is 15.3. The van der Waals surface area contributed by atoms with Crippen molar-refractivity contribution in [1.82, 2.24) is 5.32 Å². The predicted molar refractivity (Wildman–Crippen MR) is 90.4 cm³/mol. The topological polar surface area (TPSA) is 30.5 Å². The van der Waals surface area contributed by atoms with E-state index in [9.17, 15) is 0 Å². The van der Waals surface area contributed by atoms with Gasteiger partial charge in [0.05, 0.1) is 22.2 Å². The molecule has 0 heterocycles. The van der Waals surface area contributed by atoms with Gasteiger partial charge in [0.1, 0.15) is 5.75 Å². The zero-order chi connectivity index (χ0) is 14.8. The van der Waals surface area contributed by atoms with Gasteiger partial charge in [0, 0.05) is 20.2 Å². The maximum Gasteiger partial charge on any atom is 0.147 e. The van der Waals surface area contributed by atoms with Crippen LogP contribution >= 0.6 is 31.9 Å². The second-order valence-electron chi connectivity index (χ2n) is 4.61. The Balaban J connectivity index is 2.52. The monoisotopic (exact) mass is 407 g/mol. The van der Waals surface area contributed by atoms with Crippen molar-refractivity contribution in [3.8, 4) is 5.75 Å². The fraction of sp³-hybridized carbons (Fsp3) is 0.600. The molecule has 1 N–H and O–H groups in total. The SMILES string of the molecule is CCCCCOc1c(Br)cc(CNCCOC)cc1Br. The lowest BCUT2D eigenvalue weighted by Gasteiger charge is -2.12. The molecule has 0 atom stereocenters. The quantitative estimate of drug-likeness (QED) is 0.577. The third-order valence-corrected chi connectivity index (χ3v) is 4.04. The molecule has 1 aromatic rings. The molecule has 0 unspecified atom stereocenters.